The molecule has 2 aliphatic heterocycles. The summed E-state index contributed by atoms with van der Waals surface area (Å²) < 4.78 is 36.6. The van der Waals surface area contributed by atoms with Crippen molar-refractivity contribution in [2.75, 3.05) is 10.6 Å². The number of nitrogens with zero attached hydrogens (tertiary/aromatic N) is 1. The number of nitrogens with one attached hydrogen (secondary N) is 3. The highest BCUT2D eigenvalue weighted by molar-refractivity contribution is 6.31. The summed E-state index contributed by atoms with van der Waals surface area (Å²) in [5.74, 6) is -3.20. The van der Waals surface area contributed by atoms with Gasteiger partial charge in [0.1, 0.15) is 17.0 Å². The lowest BCUT2D eigenvalue weighted by atomic mass is 9.63. The predicted octanol–water partition coefficient (Wildman–Crippen LogP) is 7.10. The summed E-state index contributed by atoms with van der Waals surface area (Å²) in [6, 6.07) is 14.3. The van der Waals surface area contributed by atoms with E-state index >= 15 is 4.39 Å². The molecule has 0 bridgehead atoms. The Morgan fingerprint density at radius 3 is 2.49 bits per heavy atom. The molecular formula is C30H26Cl2F2N4O3. The number of fused-ring (bicyclic) bond motifs is 2. The number of halogens is 4. The van der Waals surface area contributed by atoms with Crippen LogP contribution >= 0.6 is 23.2 Å². The monoisotopic (exact) mass is 598 g/mol. The number of rotatable bonds is 4. The van der Waals surface area contributed by atoms with E-state index in [1.807, 2.05) is 26.8 Å². The Labute approximate surface area is 245 Å². The quantitative estimate of drug-likeness (QED) is 0.297. The van der Waals surface area contributed by atoms with Crippen LogP contribution in [0.5, 0.6) is 0 Å². The van der Waals surface area contributed by atoms with Crippen molar-refractivity contribution in [3.63, 3.8) is 0 Å². The molecule has 4 atom stereocenters. The van der Waals surface area contributed by atoms with Gasteiger partial charge in [-0.15, -0.1) is 0 Å². The van der Waals surface area contributed by atoms with Gasteiger partial charge < -0.3 is 10.1 Å². The van der Waals surface area contributed by atoms with Gasteiger partial charge in [-0.1, -0.05) is 56.1 Å². The number of ether oxygens (including phenoxy) is 1. The molecule has 0 aromatic heterocycles. The summed E-state index contributed by atoms with van der Waals surface area (Å²) in [6.07, 6.45) is -1.74. The molecule has 1 saturated heterocycles. The van der Waals surface area contributed by atoms with Crippen LogP contribution in [0.15, 0.2) is 54.6 Å². The van der Waals surface area contributed by atoms with E-state index in [1.54, 1.807) is 0 Å². The molecule has 1 fully saturated rings. The maximum Gasteiger partial charge on any atom is 0.413 e. The zero-order chi connectivity index (χ0) is 29.7. The second kappa shape index (κ2) is 10.6. The van der Waals surface area contributed by atoms with E-state index in [0.717, 1.165) is 0 Å². The van der Waals surface area contributed by atoms with Crippen molar-refractivity contribution in [1.29, 1.82) is 5.26 Å². The van der Waals surface area contributed by atoms with E-state index < -0.39 is 47.2 Å². The summed E-state index contributed by atoms with van der Waals surface area (Å²) in [6.45, 7) is 5.91. The van der Waals surface area contributed by atoms with Crippen LogP contribution in [-0.4, -0.2) is 24.3 Å². The third-order valence-corrected chi connectivity index (χ3v) is 8.05. The molecule has 41 heavy (non-hydrogen) atoms. The van der Waals surface area contributed by atoms with Crippen LogP contribution in [0.3, 0.4) is 0 Å². The number of amides is 2. The van der Waals surface area contributed by atoms with Gasteiger partial charge in [0.2, 0.25) is 5.91 Å². The first-order valence-electron chi connectivity index (χ1n) is 12.8. The second-order valence-electron chi connectivity index (χ2n) is 11.4. The van der Waals surface area contributed by atoms with Crippen LogP contribution in [0, 0.1) is 28.4 Å². The van der Waals surface area contributed by atoms with Crippen LogP contribution in [-0.2, 0) is 14.9 Å². The van der Waals surface area contributed by atoms with E-state index in [0.29, 0.717) is 17.7 Å². The van der Waals surface area contributed by atoms with Gasteiger partial charge in [0, 0.05) is 17.4 Å². The fraction of sp³-hybridized carbons (Fsp3) is 0.300. The van der Waals surface area contributed by atoms with Crippen molar-refractivity contribution < 1.29 is 23.1 Å². The second-order valence-corrected chi connectivity index (χ2v) is 12.2. The molecule has 0 unspecified atom stereocenters. The van der Waals surface area contributed by atoms with Gasteiger partial charge in [-0.05, 0) is 65.4 Å². The predicted molar refractivity (Wildman–Crippen MR) is 152 cm³/mol. The molecular weight excluding hydrogens is 573 g/mol. The summed E-state index contributed by atoms with van der Waals surface area (Å²) in [7, 11) is 0. The first-order valence-corrected chi connectivity index (χ1v) is 13.6. The third kappa shape index (κ3) is 5.12. The van der Waals surface area contributed by atoms with Gasteiger partial charge >= 0.3 is 6.09 Å². The Hall–Kier alpha value is -3.71. The third-order valence-electron chi connectivity index (χ3n) is 7.47. The Balaban J connectivity index is 1.65. The van der Waals surface area contributed by atoms with Crippen LogP contribution in [0.2, 0.25) is 10.0 Å². The molecule has 2 heterocycles. The molecule has 0 aliphatic carbocycles. The first kappa shape index (κ1) is 28.8. The molecule has 5 rings (SSSR count). The smallest absolute Gasteiger partial charge is 0.413 e. The van der Waals surface area contributed by atoms with E-state index in [9.17, 15) is 14.0 Å². The van der Waals surface area contributed by atoms with E-state index in [1.165, 1.54) is 54.6 Å². The lowest BCUT2D eigenvalue weighted by Gasteiger charge is -2.37. The fourth-order valence-electron chi connectivity index (χ4n) is 5.87. The summed E-state index contributed by atoms with van der Waals surface area (Å²) in [5.41, 5.74) is -0.598. The van der Waals surface area contributed by atoms with Crippen LogP contribution in [0.4, 0.5) is 25.0 Å². The number of hydrogen-bond acceptors (Lipinski definition) is 5. The van der Waals surface area contributed by atoms with Gasteiger partial charge in [-0.25, -0.2) is 13.6 Å². The van der Waals surface area contributed by atoms with Crippen molar-refractivity contribution in [3.05, 3.63) is 93.0 Å². The number of carbonyl (C=O) groups is 2. The minimum atomic E-state index is -1.60. The topological polar surface area (TPSA) is 103 Å². The SMILES string of the molecule is CC(C)(C)C[C@@H]1N[C@H](OC(=O)Nc2ccc(C#N)cc2)[C@H](c2cccc(Cl)c2F)[C@]12C(=O)Nc1cc(Cl)c(F)cc12. The molecule has 0 radical (unpaired) electrons. The molecule has 3 aromatic carbocycles. The number of hydrogen-bond donors (Lipinski definition) is 3. The lowest BCUT2D eigenvalue weighted by molar-refractivity contribution is -0.122. The van der Waals surface area contributed by atoms with E-state index in [-0.39, 0.29) is 32.3 Å². The maximum atomic E-state index is 15.8. The maximum absolute atomic E-state index is 15.8. The molecule has 3 N–H and O–H groups in total. The standard InChI is InChI=1S/C30H26Cl2F2N4O3/c1-29(2,3)13-23-30(18-11-21(33)20(32)12-22(18)37-27(30)39)24(17-5-4-6-19(31)25(17)34)26(38-23)41-28(40)36-16-9-7-15(14-35)8-10-16/h4-12,23-24,26,38H,13H2,1-3H3,(H,36,40)(H,37,39)/t23-,24-,26+,30+/m0/s1. The summed E-state index contributed by atoms with van der Waals surface area (Å²) in [4.78, 5) is 27.2. The Bertz CT molecular complexity index is 1590. The average Bonchev–Trinajstić information content (AvgIpc) is 3.34. The summed E-state index contributed by atoms with van der Waals surface area (Å²) in [5, 5.41) is 17.3. The number of anilines is 2. The van der Waals surface area contributed by atoms with Gasteiger partial charge in [0.25, 0.3) is 0 Å². The van der Waals surface area contributed by atoms with Crippen LogP contribution < -0.4 is 16.0 Å². The van der Waals surface area contributed by atoms with Crippen molar-refractivity contribution in [2.45, 2.75) is 50.8 Å². The lowest BCUT2D eigenvalue weighted by Crippen LogP contribution is -2.49. The highest BCUT2D eigenvalue weighted by Crippen LogP contribution is 2.57. The molecule has 3 aromatic rings. The van der Waals surface area contributed by atoms with Gasteiger partial charge in [0.05, 0.1) is 27.6 Å². The normalized spacial score (nSPS) is 23.2. The van der Waals surface area contributed by atoms with E-state index in [2.05, 4.69) is 16.0 Å². The van der Waals surface area contributed by atoms with Gasteiger partial charge in [0.15, 0.2) is 6.23 Å². The van der Waals surface area contributed by atoms with Gasteiger partial charge in [-0.2, -0.15) is 5.26 Å². The zero-order valence-electron chi connectivity index (χ0n) is 22.3. The molecule has 212 valence electrons. The largest absolute Gasteiger partial charge is 0.429 e. The molecule has 2 amide bonds. The van der Waals surface area contributed by atoms with Crippen molar-refractivity contribution in [3.8, 4) is 6.07 Å². The summed E-state index contributed by atoms with van der Waals surface area (Å²) >= 11 is 12.2. The van der Waals surface area contributed by atoms with Crippen LogP contribution in [0.25, 0.3) is 0 Å². The zero-order valence-corrected chi connectivity index (χ0v) is 23.8. The molecule has 1 spiro atoms. The molecule has 11 heteroatoms. The minimum absolute atomic E-state index is 0.0240. The fourth-order valence-corrected chi connectivity index (χ4v) is 6.22. The van der Waals surface area contributed by atoms with E-state index in [4.69, 9.17) is 33.2 Å². The number of nitriles is 1. The van der Waals surface area contributed by atoms with Crippen molar-refractivity contribution >= 4 is 46.6 Å². The highest BCUT2D eigenvalue weighted by atomic mass is 35.5. The Kier molecular flexibility index (Phi) is 7.45. The first-order chi connectivity index (χ1) is 19.3. The molecule has 7 nitrogen and oxygen atoms in total. The van der Waals surface area contributed by atoms with Crippen molar-refractivity contribution in [1.82, 2.24) is 5.32 Å². The minimum Gasteiger partial charge on any atom is -0.429 e. The van der Waals surface area contributed by atoms with Gasteiger partial charge in [-0.3, -0.25) is 15.4 Å². The average molecular weight is 599 g/mol. The highest BCUT2D eigenvalue weighted by Gasteiger charge is 2.66. The van der Waals surface area contributed by atoms with Crippen LogP contribution in [0.1, 0.15) is 49.8 Å². The molecule has 0 saturated carbocycles. The Morgan fingerprint density at radius 1 is 1.12 bits per heavy atom. The van der Waals surface area contributed by atoms with Crippen molar-refractivity contribution in [2.24, 2.45) is 5.41 Å². The molecule has 2 aliphatic rings. The number of carbonyl (C=O) groups excluding carboxylic acids is 2. The Morgan fingerprint density at radius 2 is 1.83 bits per heavy atom. The number of benzene rings is 3.